The van der Waals surface area contributed by atoms with Crippen molar-refractivity contribution in [1.29, 1.82) is 0 Å². The van der Waals surface area contributed by atoms with Gasteiger partial charge in [0.2, 0.25) is 0 Å². The number of carboxylic acid groups (broad SMARTS) is 1. The lowest BCUT2D eigenvalue weighted by Gasteiger charge is -2.13. The van der Waals surface area contributed by atoms with Gasteiger partial charge in [-0.1, -0.05) is 23.7 Å². The van der Waals surface area contributed by atoms with Crippen molar-refractivity contribution in [3.05, 3.63) is 28.5 Å². The van der Waals surface area contributed by atoms with Crippen LogP contribution in [0.25, 0.3) is 0 Å². The second kappa shape index (κ2) is 7.99. The second-order valence-electron chi connectivity index (χ2n) is 5.02. The SMILES string of the molecule is Cl.N[C@@H](C/C=C/C[C@H]1CCCCc2noc(=O)n21)C(=O)O. The van der Waals surface area contributed by atoms with Crippen LogP contribution in [0.4, 0.5) is 0 Å². The fourth-order valence-corrected chi connectivity index (χ4v) is 2.42. The summed E-state index contributed by atoms with van der Waals surface area (Å²) < 4.78 is 6.33. The first kappa shape index (κ1) is 17.5. The third-order valence-electron chi connectivity index (χ3n) is 3.54. The van der Waals surface area contributed by atoms with Crippen molar-refractivity contribution in [2.24, 2.45) is 5.73 Å². The molecule has 2 rings (SSSR count). The molecule has 8 heteroatoms. The van der Waals surface area contributed by atoms with E-state index >= 15 is 0 Å². The van der Waals surface area contributed by atoms with Crippen molar-refractivity contribution < 1.29 is 14.4 Å². The molecule has 0 amide bonds. The van der Waals surface area contributed by atoms with E-state index in [0.29, 0.717) is 12.2 Å². The highest BCUT2D eigenvalue weighted by molar-refractivity contribution is 5.85. The summed E-state index contributed by atoms with van der Waals surface area (Å²) in [6.45, 7) is 0. The van der Waals surface area contributed by atoms with Crippen molar-refractivity contribution in [3.8, 4) is 0 Å². The highest BCUT2D eigenvalue weighted by Gasteiger charge is 2.21. The molecule has 118 valence electrons. The Hall–Kier alpha value is -1.60. The van der Waals surface area contributed by atoms with E-state index in [9.17, 15) is 9.59 Å². The van der Waals surface area contributed by atoms with Crippen LogP contribution in [0.3, 0.4) is 0 Å². The Morgan fingerprint density at radius 1 is 1.52 bits per heavy atom. The summed E-state index contributed by atoms with van der Waals surface area (Å²) in [5.41, 5.74) is 5.41. The number of aryl methyl sites for hydroxylation is 1. The maximum atomic E-state index is 11.7. The van der Waals surface area contributed by atoms with Crippen molar-refractivity contribution in [2.75, 3.05) is 0 Å². The van der Waals surface area contributed by atoms with Crippen LogP contribution in [0, 0.1) is 0 Å². The molecule has 0 aromatic carbocycles. The van der Waals surface area contributed by atoms with E-state index in [1.165, 1.54) is 0 Å². The zero-order chi connectivity index (χ0) is 14.5. The van der Waals surface area contributed by atoms with Gasteiger partial charge in [0.25, 0.3) is 0 Å². The lowest BCUT2D eigenvalue weighted by molar-refractivity contribution is -0.138. The predicted molar refractivity (Wildman–Crippen MR) is 78.6 cm³/mol. The monoisotopic (exact) mass is 317 g/mol. The van der Waals surface area contributed by atoms with Crippen molar-refractivity contribution >= 4 is 18.4 Å². The average Bonchev–Trinajstić information content (AvgIpc) is 2.66. The quantitative estimate of drug-likeness (QED) is 0.791. The number of aliphatic carboxylic acids is 1. The van der Waals surface area contributed by atoms with Crippen molar-refractivity contribution in [2.45, 2.75) is 50.6 Å². The number of halogens is 1. The van der Waals surface area contributed by atoms with Crippen LogP contribution >= 0.6 is 12.4 Å². The maximum Gasteiger partial charge on any atom is 0.441 e. The summed E-state index contributed by atoms with van der Waals surface area (Å²) >= 11 is 0. The molecule has 1 aliphatic heterocycles. The van der Waals surface area contributed by atoms with Gasteiger partial charge in [0.05, 0.1) is 0 Å². The molecule has 0 radical (unpaired) electrons. The zero-order valence-corrected chi connectivity index (χ0v) is 12.4. The van der Waals surface area contributed by atoms with Crippen molar-refractivity contribution in [3.63, 3.8) is 0 Å². The van der Waals surface area contributed by atoms with E-state index < -0.39 is 17.8 Å². The summed E-state index contributed by atoms with van der Waals surface area (Å²) in [5.74, 6) is -0.725. The number of carboxylic acids is 1. The van der Waals surface area contributed by atoms with Gasteiger partial charge in [0.1, 0.15) is 6.04 Å². The van der Waals surface area contributed by atoms with Gasteiger partial charge in [0, 0.05) is 12.5 Å². The molecule has 2 heterocycles. The first-order valence-electron chi connectivity index (χ1n) is 6.80. The number of nitrogens with two attached hydrogens (primary N) is 1. The molecular formula is C13H20ClN3O4. The van der Waals surface area contributed by atoms with E-state index in [4.69, 9.17) is 15.4 Å². The minimum atomic E-state index is -1.01. The Morgan fingerprint density at radius 2 is 2.29 bits per heavy atom. The molecule has 0 bridgehead atoms. The van der Waals surface area contributed by atoms with Crippen LogP contribution in [0.15, 0.2) is 21.5 Å². The average molecular weight is 318 g/mol. The van der Waals surface area contributed by atoms with Crippen LogP contribution in [0.2, 0.25) is 0 Å². The van der Waals surface area contributed by atoms with Crippen LogP contribution in [-0.4, -0.2) is 26.8 Å². The van der Waals surface area contributed by atoms with E-state index in [0.717, 1.165) is 25.7 Å². The summed E-state index contributed by atoms with van der Waals surface area (Å²) in [7, 11) is 0. The topological polar surface area (TPSA) is 111 Å². The Bertz CT molecular complexity index is 552. The molecule has 0 saturated heterocycles. The molecule has 1 aromatic heterocycles. The smallest absolute Gasteiger partial charge is 0.441 e. The number of nitrogens with zero attached hydrogens (tertiary/aromatic N) is 2. The number of carbonyl (C=O) groups is 1. The summed E-state index contributed by atoms with van der Waals surface area (Å²) in [5, 5.41) is 12.5. The highest BCUT2D eigenvalue weighted by atomic mass is 35.5. The number of hydrogen-bond acceptors (Lipinski definition) is 5. The van der Waals surface area contributed by atoms with Gasteiger partial charge < -0.3 is 10.8 Å². The van der Waals surface area contributed by atoms with E-state index in [2.05, 4.69) is 5.16 Å². The van der Waals surface area contributed by atoms with E-state index in [1.807, 2.05) is 6.08 Å². The van der Waals surface area contributed by atoms with E-state index in [1.54, 1.807) is 10.6 Å². The van der Waals surface area contributed by atoms with Crippen LogP contribution in [0.1, 0.15) is 44.0 Å². The van der Waals surface area contributed by atoms with Crippen molar-refractivity contribution in [1.82, 2.24) is 9.72 Å². The summed E-state index contributed by atoms with van der Waals surface area (Å²) in [6.07, 6.45) is 8.25. The van der Waals surface area contributed by atoms with Gasteiger partial charge in [-0.15, -0.1) is 12.4 Å². The molecule has 1 aliphatic rings. The minimum Gasteiger partial charge on any atom is -0.480 e. The van der Waals surface area contributed by atoms with Gasteiger partial charge in [-0.25, -0.2) is 4.79 Å². The fourth-order valence-electron chi connectivity index (χ4n) is 2.42. The lowest BCUT2D eigenvalue weighted by atomic mass is 10.1. The molecule has 0 fully saturated rings. The molecule has 2 atom stereocenters. The standard InChI is InChI=1S/C13H19N3O4.ClH/c14-10(12(17)18)7-3-1-5-9-6-2-4-8-11-15-20-13(19)16(9)11;/h1,3,9-10H,2,4-8,14H2,(H,17,18);1H/b3-1+;/t9-,10-;/m0./s1. The molecule has 1 aromatic rings. The molecule has 21 heavy (non-hydrogen) atoms. The predicted octanol–water partition coefficient (Wildman–Crippen LogP) is 1.27. The van der Waals surface area contributed by atoms with E-state index in [-0.39, 0.29) is 24.9 Å². The number of aromatic nitrogens is 2. The summed E-state index contributed by atoms with van der Waals surface area (Å²) in [6, 6.07) is -0.849. The van der Waals surface area contributed by atoms with Gasteiger partial charge in [-0.05, 0) is 25.7 Å². The Kier molecular flexibility index (Phi) is 6.64. The fraction of sp³-hybridized carbons (Fsp3) is 0.615. The molecule has 0 unspecified atom stereocenters. The highest BCUT2D eigenvalue weighted by Crippen LogP contribution is 2.24. The molecule has 3 N–H and O–H groups in total. The number of allylic oxidation sites excluding steroid dienone is 1. The maximum absolute atomic E-state index is 11.7. The lowest BCUT2D eigenvalue weighted by Crippen LogP contribution is -2.29. The Balaban J connectivity index is 0.00000220. The second-order valence-corrected chi connectivity index (χ2v) is 5.02. The number of fused-ring (bicyclic) bond motifs is 1. The first-order chi connectivity index (χ1) is 9.59. The van der Waals surface area contributed by atoms with Gasteiger partial charge in [0.15, 0.2) is 5.82 Å². The third kappa shape index (κ3) is 4.44. The molecular weight excluding hydrogens is 298 g/mol. The van der Waals surface area contributed by atoms with Gasteiger partial charge in [-0.2, -0.15) is 0 Å². The molecule has 0 saturated carbocycles. The Labute approximate surface area is 128 Å². The molecule has 7 nitrogen and oxygen atoms in total. The molecule has 0 spiro atoms. The normalized spacial score (nSPS) is 19.6. The van der Waals surface area contributed by atoms with Gasteiger partial charge >= 0.3 is 11.7 Å². The first-order valence-corrected chi connectivity index (χ1v) is 6.80. The summed E-state index contributed by atoms with van der Waals surface area (Å²) in [4.78, 5) is 22.3. The van der Waals surface area contributed by atoms with Crippen LogP contribution in [-0.2, 0) is 11.2 Å². The van der Waals surface area contributed by atoms with Crippen LogP contribution < -0.4 is 11.5 Å². The molecule has 0 aliphatic carbocycles. The number of rotatable bonds is 5. The minimum absolute atomic E-state index is 0. The van der Waals surface area contributed by atoms with Crippen LogP contribution in [0.5, 0.6) is 0 Å². The van der Waals surface area contributed by atoms with Gasteiger partial charge in [-0.3, -0.25) is 13.9 Å². The number of hydrogen-bond donors (Lipinski definition) is 2. The zero-order valence-electron chi connectivity index (χ0n) is 11.6. The largest absolute Gasteiger partial charge is 0.480 e. The Morgan fingerprint density at radius 3 is 3.00 bits per heavy atom. The third-order valence-corrected chi connectivity index (χ3v) is 3.54.